The average molecular weight is 302 g/mol. The highest BCUT2D eigenvalue weighted by molar-refractivity contribution is 5.01. The Morgan fingerprint density at radius 2 is 1.29 bits per heavy atom. The monoisotopic (exact) mass is 302 g/mol. The summed E-state index contributed by atoms with van der Waals surface area (Å²) >= 11 is 0. The lowest BCUT2D eigenvalue weighted by atomic mass is 9.59. The van der Waals surface area contributed by atoms with Crippen LogP contribution in [0.25, 0.3) is 0 Å². The van der Waals surface area contributed by atoms with Gasteiger partial charge in [-0.3, -0.25) is 0 Å². The van der Waals surface area contributed by atoms with E-state index in [9.17, 15) is 13.2 Å². The third-order valence-electron chi connectivity index (χ3n) is 6.77. The van der Waals surface area contributed by atoms with Gasteiger partial charge in [-0.25, -0.2) is 13.2 Å². The zero-order valence-electron chi connectivity index (χ0n) is 13.3. The molecule has 0 nitrogen and oxygen atoms in total. The minimum atomic E-state index is -1.58. The summed E-state index contributed by atoms with van der Waals surface area (Å²) < 4.78 is 43.6. The molecule has 3 rings (SSSR count). The first-order valence-corrected chi connectivity index (χ1v) is 8.91. The largest absolute Gasteiger partial charge is 0.247 e. The number of fused-ring (bicyclic) bond motifs is 1. The van der Waals surface area contributed by atoms with Crippen molar-refractivity contribution in [3.8, 4) is 0 Å². The second-order valence-corrected chi connectivity index (χ2v) is 8.14. The smallest absolute Gasteiger partial charge is 0.137 e. The number of rotatable bonds is 1. The second-order valence-electron chi connectivity index (χ2n) is 8.14. The van der Waals surface area contributed by atoms with Crippen molar-refractivity contribution in [2.45, 2.75) is 77.3 Å². The van der Waals surface area contributed by atoms with Crippen LogP contribution >= 0.6 is 0 Å². The molecule has 3 heteroatoms. The van der Waals surface area contributed by atoms with Gasteiger partial charge in [0.2, 0.25) is 0 Å². The summed E-state index contributed by atoms with van der Waals surface area (Å²) in [6.07, 6.45) is 2.63. The minimum absolute atomic E-state index is 0.0718. The van der Waals surface area contributed by atoms with Crippen molar-refractivity contribution in [3.63, 3.8) is 0 Å². The molecular weight excluding hydrogens is 273 g/mol. The van der Waals surface area contributed by atoms with Crippen LogP contribution in [-0.4, -0.2) is 18.5 Å². The Bertz CT molecular complexity index is 348. The van der Waals surface area contributed by atoms with Crippen LogP contribution in [0, 0.1) is 35.5 Å². The molecule has 3 aliphatic rings. The molecule has 0 bridgehead atoms. The molecule has 0 heterocycles. The van der Waals surface area contributed by atoms with E-state index >= 15 is 0 Å². The minimum Gasteiger partial charge on any atom is -0.247 e. The van der Waals surface area contributed by atoms with Gasteiger partial charge in [0, 0.05) is 5.92 Å². The molecule has 3 fully saturated rings. The molecule has 0 aromatic carbocycles. The Hall–Kier alpha value is -0.210. The summed E-state index contributed by atoms with van der Waals surface area (Å²) in [7, 11) is 0. The second kappa shape index (κ2) is 6.12. The third-order valence-corrected chi connectivity index (χ3v) is 6.77. The quantitative estimate of drug-likeness (QED) is 0.599. The van der Waals surface area contributed by atoms with Crippen LogP contribution < -0.4 is 0 Å². The number of alkyl halides is 3. The van der Waals surface area contributed by atoms with Gasteiger partial charge in [0.15, 0.2) is 0 Å². The number of hydrogen-bond acceptors (Lipinski definition) is 0. The molecule has 7 unspecified atom stereocenters. The maximum absolute atomic E-state index is 14.7. The molecule has 0 radical (unpaired) electrons. The van der Waals surface area contributed by atoms with Crippen LogP contribution in [0.15, 0.2) is 0 Å². The first-order chi connectivity index (χ1) is 9.99. The van der Waals surface area contributed by atoms with E-state index in [-0.39, 0.29) is 17.8 Å². The molecule has 3 saturated carbocycles. The van der Waals surface area contributed by atoms with E-state index < -0.39 is 24.4 Å². The molecule has 0 N–H and O–H groups in total. The molecular formula is C18H29F3. The maximum Gasteiger partial charge on any atom is 0.137 e. The Labute approximate surface area is 126 Å². The van der Waals surface area contributed by atoms with Crippen molar-refractivity contribution in [2.24, 2.45) is 35.5 Å². The lowest BCUT2D eigenvalue weighted by Gasteiger charge is -2.49. The van der Waals surface area contributed by atoms with Gasteiger partial charge >= 0.3 is 0 Å². The Morgan fingerprint density at radius 3 is 1.95 bits per heavy atom. The number of hydrogen-bond donors (Lipinski definition) is 0. The van der Waals surface area contributed by atoms with Gasteiger partial charge in [-0.1, -0.05) is 26.7 Å². The van der Waals surface area contributed by atoms with Gasteiger partial charge in [-0.2, -0.15) is 0 Å². The molecule has 0 spiro atoms. The molecule has 0 amide bonds. The van der Waals surface area contributed by atoms with Crippen molar-refractivity contribution in [1.29, 1.82) is 0 Å². The summed E-state index contributed by atoms with van der Waals surface area (Å²) in [5, 5.41) is 0. The standard InChI is InChI=1S/C18H29F3/c1-10-3-6-12(7-4-10)14-9-13-8-5-11(2)16(19)15(13)18(21)17(14)20/h10-18H,3-9H2,1-2H3. The van der Waals surface area contributed by atoms with E-state index in [1.807, 2.05) is 6.92 Å². The van der Waals surface area contributed by atoms with Gasteiger partial charge in [-0.05, 0) is 61.7 Å². The highest BCUT2D eigenvalue weighted by Crippen LogP contribution is 2.51. The van der Waals surface area contributed by atoms with E-state index in [1.54, 1.807) is 0 Å². The predicted molar refractivity (Wildman–Crippen MR) is 79.3 cm³/mol. The summed E-state index contributed by atoms with van der Waals surface area (Å²) in [5.41, 5.74) is 0. The molecule has 0 aliphatic heterocycles. The summed E-state index contributed by atoms with van der Waals surface area (Å²) in [4.78, 5) is 0. The van der Waals surface area contributed by atoms with Crippen LogP contribution in [-0.2, 0) is 0 Å². The molecule has 0 saturated heterocycles. The normalized spacial score (nSPS) is 55.0. The van der Waals surface area contributed by atoms with E-state index in [4.69, 9.17) is 0 Å². The van der Waals surface area contributed by atoms with Crippen molar-refractivity contribution < 1.29 is 13.2 Å². The molecule has 3 aliphatic carbocycles. The molecule has 21 heavy (non-hydrogen) atoms. The van der Waals surface area contributed by atoms with Gasteiger partial charge in [-0.15, -0.1) is 0 Å². The van der Waals surface area contributed by atoms with Gasteiger partial charge in [0.05, 0.1) is 0 Å². The summed E-state index contributed by atoms with van der Waals surface area (Å²) in [6, 6.07) is 0. The molecule has 0 aromatic rings. The van der Waals surface area contributed by atoms with Crippen LogP contribution in [0.5, 0.6) is 0 Å². The fourth-order valence-corrected chi connectivity index (χ4v) is 5.27. The Kier molecular flexibility index (Phi) is 4.57. The Balaban J connectivity index is 1.71. The summed E-state index contributed by atoms with van der Waals surface area (Å²) in [5.74, 6) is 0.179. The lowest BCUT2D eigenvalue weighted by Crippen LogP contribution is -2.52. The van der Waals surface area contributed by atoms with E-state index in [2.05, 4.69) is 6.92 Å². The van der Waals surface area contributed by atoms with Crippen molar-refractivity contribution >= 4 is 0 Å². The van der Waals surface area contributed by atoms with Crippen molar-refractivity contribution in [2.75, 3.05) is 0 Å². The molecule has 0 aromatic heterocycles. The van der Waals surface area contributed by atoms with E-state index in [0.29, 0.717) is 5.92 Å². The fourth-order valence-electron chi connectivity index (χ4n) is 5.27. The van der Waals surface area contributed by atoms with Crippen molar-refractivity contribution in [1.82, 2.24) is 0 Å². The van der Waals surface area contributed by atoms with Crippen LogP contribution in [0.3, 0.4) is 0 Å². The van der Waals surface area contributed by atoms with Gasteiger partial charge < -0.3 is 0 Å². The van der Waals surface area contributed by atoms with Crippen LogP contribution in [0.1, 0.15) is 58.8 Å². The zero-order chi connectivity index (χ0) is 15.1. The molecule has 122 valence electrons. The SMILES string of the molecule is CC1CCC(C2CC3CCC(C)C(F)C3C(F)C2F)CC1. The van der Waals surface area contributed by atoms with Crippen molar-refractivity contribution in [3.05, 3.63) is 0 Å². The predicted octanol–water partition coefficient (Wildman–Crippen LogP) is 5.51. The summed E-state index contributed by atoms with van der Waals surface area (Å²) in [6.45, 7) is 4.09. The van der Waals surface area contributed by atoms with Gasteiger partial charge in [0.25, 0.3) is 0 Å². The fraction of sp³-hybridized carbons (Fsp3) is 1.00. The highest BCUT2D eigenvalue weighted by atomic mass is 19.2. The number of halogens is 3. The Morgan fingerprint density at radius 1 is 0.667 bits per heavy atom. The lowest BCUT2D eigenvalue weighted by molar-refractivity contribution is -0.0953. The maximum atomic E-state index is 14.7. The first kappa shape index (κ1) is 15.7. The molecule has 7 atom stereocenters. The van der Waals surface area contributed by atoms with Crippen LogP contribution in [0.4, 0.5) is 13.2 Å². The van der Waals surface area contributed by atoms with Gasteiger partial charge in [0.1, 0.15) is 18.5 Å². The zero-order valence-corrected chi connectivity index (χ0v) is 13.3. The average Bonchev–Trinajstić information content (AvgIpc) is 2.47. The van der Waals surface area contributed by atoms with E-state index in [0.717, 1.165) is 50.9 Å². The third kappa shape index (κ3) is 2.86. The topological polar surface area (TPSA) is 0 Å². The first-order valence-electron chi connectivity index (χ1n) is 8.91. The van der Waals surface area contributed by atoms with Crippen LogP contribution in [0.2, 0.25) is 0 Å². The van der Waals surface area contributed by atoms with E-state index in [1.165, 1.54) is 0 Å². The highest BCUT2D eigenvalue weighted by Gasteiger charge is 2.53.